The van der Waals surface area contributed by atoms with E-state index in [1.54, 1.807) is 24.5 Å². The van der Waals surface area contributed by atoms with Gasteiger partial charge in [-0.25, -0.2) is 0 Å². The van der Waals surface area contributed by atoms with E-state index in [1.807, 2.05) is 7.05 Å². The number of hydrogen-bond donors (Lipinski definition) is 2. The number of likely N-dealkylation sites (N-methyl/N-ethyl adjacent to an activating group) is 1. The fourth-order valence-electron chi connectivity index (χ4n) is 0.914. The van der Waals surface area contributed by atoms with Crippen LogP contribution >= 0.6 is 0 Å². The zero-order chi connectivity index (χ0) is 10.2. The average molecular weight is 194 g/mol. The molecule has 0 aliphatic heterocycles. The van der Waals surface area contributed by atoms with Gasteiger partial charge in [0.05, 0.1) is 6.26 Å². The lowest BCUT2D eigenvalue weighted by Crippen LogP contribution is -2.28. The highest BCUT2D eigenvalue weighted by Crippen LogP contribution is 2.01. The van der Waals surface area contributed by atoms with Gasteiger partial charge in [0.15, 0.2) is 0 Å². The lowest BCUT2D eigenvalue weighted by Gasteiger charge is -1.99. The van der Waals surface area contributed by atoms with Crippen LogP contribution in [0.15, 0.2) is 28.9 Å². The SMILES string of the molecule is CNCCNC(=O)C=Cc1ccco1. The third-order valence-corrected chi connectivity index (χ3v) is 1.62. The van der Waals surface area contributed by atoms with Gasteiger partial charge in [-0.05, 0) is 25.3 Å². The molecule has 0 aromatic carbocycles. The van der Waals surface area contributed by atoms with E-state index in [4.69, 9.17) is 4.42 Å². The summed E-state index contributed by atoms with van der Waals surface area (Å²) >= 11 is 0. The molecule has 76 valence electrons. The van der Waals surface area contributed by atoms with Gasteiger partial charge in [0.25, 0.3) is 0 Å². The summed E-state index contributed by atoms with van der Waals surface area (Å²) in [6.07, 6.45) is 4.65. The summed E-state index contributed by atoms with van der Waals surface area (Å²) in [6, 6.07) is 3.57. The lowest BCUT2D eigenvalue weighted by atomic mass is 10.4. The van der Waals surface area contributed by atoms with Crippen LogP contribution in [0.1, 0.15) is 5.76 Å². The molecule has 1 aromatic heterocycles. The minimum Gasteiger partial charge on any atom is -0.465 e. The molecule has 0 radical (unpaired) electrons. The number of rotatable bonds is 5. The Balaban J connectivity index is 2.26. The van der Waals surface area contributed by atoms with Crippen LogP contribution in [0.4, 0.5) is 0 Å². The first-order valence-electron chi connectivity index (χ1n) is 4.47. The molecule has 1 rings (SSSR count). The normalized spacial score (nSPS) is 10.6. The summed E-state index contributed by atoms with van der Waals surface area (Å²) < 4.78 is 5.03. The molecule has 0 unspecified atom stereocenters. The van der Waals surface area contributed by atoms with Gasteiger partial charge in [0.2, 0.25) is 5.91 Å². The Morgan fingerprint density at radius 3 is 3.07 bits per heavy atom. The van der Waals surface area contributed by atoms with Gasteiger partial charge in [-0.15, -0.1) is 0 Å². The van der Waals surface area contributed by atoms with Crippen molar-refractivity contribution >= 4 is 12.0 Å². The van der Waals surface area contributed by atoms with E-state index in [0.29, 0.717) is 12.3 Å². The molecule has 0 fully saturated rings. The van der Waals surface area contributed by atoms with E-state index in [0.717, 1.165) is 6.54 Å². The number of carbonyl (C=O) groups excluding carboxylic acids is 1. The molecule has 1 heterocycles. The van der Waals surface area contributed by atoms with Crippen LogP contribution in [-0.2, 0) is 4.79 Å². The van der Waals surface area contributed by atoms with Crippen molar-refractivity contribution in [1.29, 1.82) is 0 Å². The van der Waals surface area contributed by atoms with Crippen LogP contribution in [0, 0.1) is 0 Å². The van der Waals surface area contributed by atoms with E-state index in [2.05, 4.69) is 10.6 Å². The smallest absolute Gasteiger partial charge is 0.244 e. The van der Waals surface area contributed by atoms with Gasteiger partial charge >= 0.3 is 0 Å². The van der Waals surface area contributed by atoms with Gasteiger partial charge < -0.3 is 15.1 Å². The van der Waals surface area contributed by atoms with Crippen molar-refractivity contribution in [3.8, 4) is 0 Å². The summed E-state index contributed by atoms with van der Waals surface area (Å²) in [6.45, 7) is 1.39. The molecule has 0 atom stereocenters. The number of hydrogen-bond acceptors (Lipinski definition) is 3. The second kappa shape index (κ2) is 5.99. The fraction of sp³-hybridized carbons (Fsp3) is 0.300. The standard InChI is InChI=1S/C10H14N2O2/c1-11-6-7-12-10(13)5-4-9-3-2-8-14-9/h2-5,8,11H,6-7H2,1H3,(H,12,13). The molecular formula is C10H14N2O2. The number of amides is 1. The number of furan rings is 1. The average Bonchev–Trinajstić information content (AvgIpc) is 2.68. The minimum absolute atomic E-state index is 0.114. The van der Waals surface area contributed by atoms with Gasteiger partial charge in [-0.1, -0.05) is 0 Å². The molecule has 0 spiro atoms. The zero-order valence-corrected chi connectivity index (χ0v) is 8.12. The summed E-state index contributed by atoms with van der Waals surface area (Å²) in [5.41, 5.74) is 0. The molecule has 1 amide bonds. The molecule has 4 heteroatoms. The number of nitrogens with one attached hydrogen (secondary N) is 2. The largest absolute Gasteiger partial charge is 0.465 e. The first-order chi connectivity index (χ1) is 6.83. The topological polar surface area (TPSA) is 54.3 Å². The van der Waals surface area contributed by atoms with Crippen LogP contribution < -0.4 is 10.6 Å². The molecule has 0 saturated carbocycles. The quantitative estimate of drug-likeness (QED) is 0.534. The molecular weight excluding hydrogens is 180 g/mol. The van der Waals surface area contributed by atoms with Crippen molar-refractivity contribution in [2.75, 3.05) is 20.1 Å². The maximum atomic E-state index is 11.1. The lowest BCUT2D eigenvalue weighted by molar-refractivity contribution is -0.116. The Labute approximate surface area is 83.0 Å². The van der Waals surface area contributed by atoms with E-state index >= 15 is 0 Å². The highest BCUT2D eigenvalue weighted by Gasteiger charge is 1.94. The zero-order valence-electron chi connectivity index (χ0n) is 8.12. The Kier molecular flexibility index (Phi) is 4.50. The van der Waals surface area contributed by atoms with E-state index in [1.165, 1.54) is 6.08 Å². The Bertz CT molecular complexity index is 291. The molecule has 0 saturated heterocycles. The minimum atomic E-state index is -0.114. The first kappa shape index (κ1) is 10.5. The van der Waals surface area contributed by atoms with Gasteiger partial charge in [-0.2, -0.15) is 0 Å². The van der Waals surface area contributed by atoms with Gasteiger partial charge in [-0.3, -0.25) is 4.79 Å². The predicted molar refractivity (Wildman–Crippen MR) is 54.7 cm³/mol. The van der Waals surface area contributed by atoms with Crippen molar-refractivity contribution in [2.24, 2.45) is 0 Å². The van der Waals surface area contributed by atoms with Crippen molar-refractivity contribution in [2.45, 2.75) is 0 Å². The van der Waals surface area contributed by atoms with Crippen LogP contribution in [0.2, 0.25) is 0 Å². The van der Waals surface area contributed by atoms with Crippen LogP contribution in [0.3, 0.4) is 0 Å². The molecule has 4 nitrogen and oxygen atoms in total. The highest BCUT2D eigenvalue weighted by molar-refractivity contribution is 5.91. The number of carbonyl (C=O) groups is 1. The molecule has 1 aromatic rings. The molecule has 0 bridgehead atoms. The Morgan fingerprint density at radius 1 is 1.57 bits per heavy atom. The summed E-state index contributed by atoms with van der Waals surface area (Å²) in [5, 5.41) is 5.65. The highest BCUT2D eigenvalue weighted by atomic mass is 16.3. The molecule has 2 N–H and O–H groups in total. The van der Waals surface area contributed by atoms with Crippen molar-refractivity contribution in [3.05, 3.63) is 30.2 Å². The maximum Gasteiger partial charge on any atom is 0.244 e. The summed E-state index contributed by atoms with van der Waals surface area (Å²) in [5.74, 6) is 0.561. The third kappa shape index (κ3) is 3.91. The molecule has 0 aliphatic carbocycles. The Morgan fingerprint density at radius 2 is 2.43 bits per heavy atom. The monoisotopic (exact) mass is 194 g/mol. The van der Waals surface area contributed by atoms with Crippen molar-refractivity contribution < 1.29 is 9.21 Å². The summed E-state index contributed by atoms with van der Waals surface area (Å²) in [7, 11) is 1.84. The van der Waals surface area contributed by atoms with E-state index in [-0.39, 0.29) is 5.91 Å². The van der Waals surface area contributed by atoms with Gasteiger partial charge in [0.1, 0.15) is 5.76 Å². The van der Waals surface area contributed by atoms with Gasteiger partial charge in [0, 0.05) is 19.2 Å². The summed E-state index contributed by atoms with van der Waals surface area (Å²) in [4.78, 5) is 11.1. The van der Waals surface area contributed by atoms with Crippen molar-refractivity contribution in [1.82, 2.24) is 10.6 Å². The maximum absolute atomic E-state index is 11.1. The fourth-order valence-corrected chi connectivity index (χ4v) is 0.914. The first-order valence-corrected chi connectivity index (χ1v) is 4.47. The van der Waals surface area contributed by atoms with Crippen LogP contribution in [0.5, 0.6) is 0 Å². The van der Waals surface area contributed by atoms with E-state index < -0.39 is 0 Å². The Hall–Kier alpha value is -1.55. The van der Waals surface area contributed by atoms with Crippen LogP contribution in [-0.4, -0.2) is 26.0 Å². The van der Waals surface area contributed by atoms with Crippen molar-refractivity contribution in [3.63, 3.8) is 0 Å². The third-order valence-electron chi connectivity index (χ3n) is 1.62. The van der Waals surface area contributed by atoms with Crippen LogP contribution in [0.25, 0.3) is 6.08 Å². The molecule has 0 aliphatic rings. The molecule has 14 heavy (non-hydrogen) atoms. The second-order valence-electron chi connectivity index (χ2n) is 2.74. The predicted octanol–water partition coefficient (Wildman–Crippen LogP) is 0.628. The second-order valence-corrected chi connectivity index (χ2v) is 2.74. The van der Waals surface area contributed by atoms with E-state index in [9.17, 15) is 4.79 Å².